The number of nitrogens with zero attached hydrogens (tertiary/aromatic N) is 5. The van der Waals surface area contributed by atoms with E-state index in [4.69, 9.17) is 10.2 Å². The van der Waals surface area contributed by atoms with Crippen molar-refractivity contribution in [1.82, 2.24) is 24.2 Å². The van der Waals surface area contributed by atoms with E-state index in [9.17, 15) is 14.4 Å². The molecule has 0 bridgehead atoms. The minimum Gasteiger partial charge on any atom is -0.419 e. The van der Waals surface area contributed by atoms with Crippen molar-refractivity contribution in [3.05, 3.63) is 49.8 Å². The van der Waals surface area contributed by atoms with Crippen molar-refractivity contribution in [2.24, 2.45) is 14.1 Å². The van der Waals surface area contributed by atoms with E-state index in [1.807, 2.05) is 24.4 Å². The highest BCUT2D eigenvalue weighted by Gasteiger charge is 2.23. The average Bonchev–Trinajstić information content (AvgIpc) is 3.37. The van der Waals surface area contributed by atoms with Crippen LogP contribution in [-0.4, -0.2) is 43.1 Å². The van der Waals surface area contributed by atoms with Gasteiger partial charge in [0, 0.05) is 14.1 Å². The van der Waals surface area contributed by atoms with Crippen molar-refractivity contribution in [2.75, 3.05) is 18.8 Å². The molecule has 2 N–H and O–H groups in total. The van der Waals surface area contributed by atoms with Crippen LogP contribution in [0.5, 0.6) is 0 Å². The Morgan fingerprint density at radius 3 is 2.69 bits per heavy atom. The number of Topliss-reactive ketones (excluding diaryl/α,β-unsaturated/α-hetero) is 1. The monoisotopic (exact) mass is 418 g/mol. The molecule has 11 heteroatoms. The van der Waals surface area contributed by atoms with Crippen molar-refractivity contribution in [3.8, 4) is 10.8 Å². The first-order chi connectivity index (χ1) is 13.8. The molecule has 0 atom stereocenters. The number of carbonyl (C=O) groups excluding carboxylic acids is 1. The van der Waals surface area contributed by atoms with E-state index in [1.54, 1.807) is 4.90 Å². The van der Waals surface area contributed by atoms with Gasteiger partial charge in [-0.2, -0.15) is 0 Å². The molecule has 0 aliphatic rings. The van der Waals surface area contributed by atoms with Gasteiger partial charge in [-0.3, -0.25) is 23.6 Å². The molecular weight excluding hydrogens is 396 g/mol. The summed E-state index contributed by atoms with van der Waals surface area (Å²) in [5.41, 5.74) is 4.40. The molecular formula is C18H22N6O4S. The summed E-state index contributed by atoms with van der Waals surface area (Å²) >= 11 is 1.49. The average molecular weight is 418 g/mol. The van der Waals surface area contributed by atoms with Gasteiger partial charge in [0.05, 0.1) is 18.0 Å². The number of nitrogen functional groups attached to an aromatic ring is 1. The molecule has 29 heavy (non-hydrogen) atoms. The molecule has 0 fully saturated rings. The Labute approximate surface area is 170 Å². The van der Waals surface area contributed by atoms with Gasteiger partial charge in [0.15, 0.2) is 5.78 Å². The van der Waals surface area contributed by atoms with E-state index in [2.05, 4.69) is 10.2 Å². The summed E-state index contributed by atoms with van der Waals surface area (Å²) in [5.74, 6) is 0.187. The highest BCUT2D eigenvalue weighted by atomic mass is 32.1. The van der Waals surface area contributed by atoms with Gasteiger partial charge in [-0.05, 0) is 24.4 Å². The van der Waals surface area contributed by atoms with Crippen molar-refractivity contribution in [3.63, 3.8) is 0 Å². The Hall–Kier alpha value is -3.05. The number of anilines is 1. The van der Waals surface area contributed by atoms with E-state index in [0.717, 1.165) is 20.4 Å². The minimum absolute atomic E-state index is 0.0673. The Bertz CT molecular complexity index is 1130. The van der Waals surface area contributed by atoms with E-state index in [1.165, 1.54) is 25.4 Å². The third-order valence-electron chi connectivity index (χ3n) is 4.45. The van der Waals surface area contributed by atoms with Crippen LogP contribution in [0.2, 0.25) is 0 Å². The Kier molecular flexibility index (Phi) is 6.09. The number of nitrogens with two attached hydrogens (primary N) is 1. The fourth-order valence-electron chi connectivity index (χ4n) is 2.94. The van der Waals surface area contributed by atoms with Crippen LogP contribution in [0.1, 0.15) is 29.6 Å². The first-order valence-corrected chi connectivity index (χ1v) is 9.88. The molecule has 3 aromatic rings. The molecule has 0 saturated carbocycles. The SMILES string of the molecule is CCCN(CC(=O)c1c(N)n(C)c(=O)n(C)c1=O)Cc1nnc(-c2cccs2)o1. The van der Waals surface area contributed by atoms with Crippen LogP contribution >= 0.6 is 11.3 Å². The fourth-order valence-corrected chi connectivity index (χ4v) is 3.59. The third-order valence-corrected chi connectivity index (χ3v) is 5.31. The van der Waals surface area contributed by atoms with Crippen LogP contribution in [0, 0.1) is 0 Å². The number of carbonyl (C=O) groups is 1. The highest BCUT2D eigenvalue weighted by Crippen LogP contribution is 2.23. The minimum atomic E-state index is -0.704. The molecule has 3 aromatic heterocycles. The van der Waals surface area contributed by atoms with Crippen molar-refractivity contribution in [2.45, 2.75) is 19.9 Å². The van der Waals surface area contributed by atoms with Gasteiger partial charge in [-0.1, -0.05) is 13.0 Å². The zero-order valence-electron chi connectivity index (χ0n) is 16.4. The first kappa shape index (κ1) is 20.7. The van der Waals surface area contributed by atoms with Gasteiger partial charge in [0.1, 0.15) is 11.4 Å². The first-order valence-electron chi connectivity index (χ1n) is 9.00. The van der Waals surface area contributed by atoms with Gasteiger partial charge >= 0.3 is 5.69 Å². The molecule has 0 spiro atoms. The maximum Gasteiger partial charge on any atom is 0.332 e. The Morgan fingerprint density at radius 2 is 2.03 bits per heavy atom. The summed E-state index contributed by atoms with van der Waals surface area (Å²) in [4.78, 5) is 39.9. The highest BCUT2D eigenvalue weighted by molar-refractivity contribution is 7.13. The van der Waals surface area contributed by atoms with E-state index < -0.39 is 17.0 Å². The van der Waals surface area contributed by atoms with Gasteiger partial charge in [0.25, 0.3) is 11.4 Å². The number of aromatic nitrogens is 4. The summed E-state index contributed by atoms with van der Waals surface area (Å²) in [6.07, 6.45) is 0.778. The maximum absolute atomic E-state index is 12.9. The maximum atomic E-state index is 12.9. The molecule has 0 saturated heterocycles. The molecule has 0 amide bonds. The van der Waals surface area contributed by atoms with Gasteiger partial charge < -0.3 is 10.2 Å². The van der Waals surface area contributed by atoms with Crippen LogP contribution in [-0.2, 0) is 20.6 Å². The second-order valence-corrected chi connectivity index (χ2v) is 7.53. The van der Waals surface area contributed by atoms with Crippen LogP contribution in [0.25, 0.3) is 10.8 Å². The summed E-state index contributed by atoms with van der Waals surface area (Å²) in [6, 6.07) is 3.78. The lowest BCUT2D eigenvalue weighted by atomic mass is 10.1. The van der Waals surface area contributed by atoms with Crippen molar-refractivity contribution >= 4 is 22.9 Å². The molecule has 0 aliphatic heterocycles. The zero-order chi connectivity index (χ0) is 21.1. The van der Waals surface area contributed by atoms with E-state index in [-0.39, 0.29) is 24.5 Å². The second kappa shape index (κ2) is 8.53. The molecule has 0 aromatic carbocycles. The van der Waals surface area contributed by atoms with Crippen LogP contribution in [0.3, 0.4) is 0 Å². The predicted molar refractivity (Wildman–Crippen MR) is 109 cm³/mol. The largest absolute Gasteiger partial charge is 0.419 e. The second-order valence-electron chi connectivity index (χ2n) is 6.58. The number of ketones is 1. The molecule has 0 aliphatic carbocycles. The van der Waals surface area contributed by atoms with Gasteiger partial charge in [-0.25, -0.2) is 4.79 Å². The lowest BCUT2D eigenvalue weighted by Gasteiger charge is -2.19. The number of hydrogen-bond acceptors (Lipinski definition) is 9. The Balaban J connectivity index is 1.82. The molecule has 3 rings (SSSR count). The normalized spacial score (nSPS) is 11.3. The number of rotatable bonds is 8. The van der Waals surface area contributed by atoms with Gasteiger partial charge in [0.2, 0.25) is 5.89 Å². The summed E-state index contributed by atoms with van der Waals surface area (Å²) in [5, 5.41) is 10.0. The third kappa shape index (κ3) is 4.20. The predicted octanol–water partition coefficient (Wildman–Crippen LogP) is 0.873. The topological polar surface area (TPSA) is 129 Å². The number of thiophene rings is 1. The van der Waals surface area contributed by atoms with Crippen LogP contribution in [0.4, 0.5) is 5.82 Å². The molecule has 0 unspecified atom stereocenters. The summed E-state index contributed by atoms with van der Waals surface area (Å²) < 4.78 is 7.65. The van der Waals surface area contributed by atoms with Crippen molar-refractivity contribution in [1.29, 1.82) is 0 Å². The smallest absolute Gasteiger partial charge is 0.332 e. The fraction of sp³-hybridized carbons (Fsp3) is 0.389. The lowest BCUT2D eigenvalue weighted by Crippen LogP contribution is -2.43. The number of hydrogen-bond donors (Lipinski definition) is 1. The van der Waals surface area contributed by atoms with Crippen LogP contribution < -0.4 is 17.0 Å². The molecule has 10 nitrogen and oxygen atoms in total. The standard InChI is InChI=1S/C18H22N6O4S/c1-4-7-24(10-13-20-21-16(28-13)12-6-5-8-29-12)9-11(25)14-15(19)22(2)18(27)23(3)17(14)26/h5-6,8H,4,7,9-10,19H2,1-3H3. The van der Waals surface area contributed by atoms with Crippen LogP contribution in [0.15, 0.2) is 31.5 Å². The zero-order valence-corrected chi connectivity index (χ0v) is 17.2. The quantitative estimate of drug-likeness (QED) is 0.534. The Morgan fingerprint density at radius 1 is 1.28 bits per heavy atom. The lowest BCUT2D eigenvalue weighted by molar-refractivity contribution is 0.0917. The molecule has 0 radical (unpaired) electrons. The van der Waals surface area contributed by atoms with E-state index >= 15 is 0 Å². The van der Waals surface area contributed by atoms with Gasteiger partial charge in [-0.15, -0.1) is 21.5 Å². The summed E-state index contributed by atoms with van der Waals surface area (Å²) in [7, 11) is 2.73. The van der Waals surface area contributed by atoms with E-state index in [0.29, 0.717) is 18.3 Å². The molecule has 154 valence electrons. The summed E-state index contributed by atoms with van der Waals surface area (Å²) in [6.45, 7) is 2.74. The molecule has 3 heterocycles. The van der Waals surface area contributed by atoms with Crippen molar-refractivity contribution < 1.29 is 9.21 Å².